The van der Waals surface area contributed by atoms with Crippen LogP contribution in [0.25, 0.3) is 5.82 Å². The molecule has 0 aliphatic heterocycles. The molecule has 0 aliphatic rings. The summed E-state index contributed by atoms with van der Waals surface area (Å²) in [5.41, 5.74) is 4.49. The number of nitrogen functional groups attached to an aromatic ring is 1. The zero-order valence-electron chi connectivity index (χ0n) is 7.81. The lowest BCUT2D eigenvalue weighted by Gasteiger charge is -2.05. The molecule has 2 aromatic heterocycles. The molecule has 2 heterocycles. The predicted octanol–water partition coefficient (Wildman–Crippen LogP) is 1.26. The number of nitrogens with zero attached hydrogens (tertiary/aromatic N) is 4. The Labute approximate surface area is 87.7 Å². The average Bonchev–Trinajstić information content (AvgIpc) is 2.64. The fraction of sp³-hybridized carbons (Fsp3) is 0.125. The van der Waals surface area contributed by atoms with Gasteiger partial charge in [0, 0.05) is 6.20 Å². The van der Waals surface area contributed by atoms with Crippen LogP contribution in [0.4, 0.5) is 19.0 Å². The van der Waals surface area contributed by atoms with Gasteiger partial charge in [0.1, 0.15) is 0 Å². The van der Waals surface area contributed by atoms with Crippen LogP contribution < -0.4 is 5.73 Å². The first kappa shape index (κ1) is 10.4. The van der Waals surface area contributed by atoms with E-state index in [-0.39, 0.29) is 11.6 Å². The summed E-state index contributed by atoms with van der Waals surface area (Å²) in [5.74, 6) is 0.339. The zero-order valence-corrected chi connectivity index (χ0v) is 7.81. The lowest BCUT2D eigenvalue weighted by molar-refractivity contribution is -0.137. The number of pyridine rings is 1. The fourth-order valence-corrected chi connectivity index (χ4v) is 1.06. The number of aromatic nitrogens is 4. The SMILES string of the molecule is Nc1cnn(-c2ccc(C(F)(F)F)cn2)n1. The Morgan fingerprint density at radius 1 is 1.19 bits per heavy atom. The van der Waals surface area contributed by atoms with Crippen molar-refractivity contribution < 1.29 is 13.2 Å². The Balaban J connectivity index is 2.33. The highest BCUT2D eigenvalue weighted by Crippen LogP contribution is 2.28. The first-order valence-electron chi connectivity index (χ1n) is 4.18. The van der Waals surface area contributed by atoms with Crippen molar-refractivity contribution in [3.05, 3.63) is 30.1 Å². The van der Waals surface area contributed by atoms with Crippen molar-refractivity contribution in [2.75, 3.05) is 5.73 Å². The maximum Gasteiger partial charge on any atom is 0.417 e. The summed E-state index contributed by atoms with van der Waals surface area (Å²) >= 11 is 0. The quantitative estimate of drug-likeness (QED) is 0.799. The Hall–Kier alpha value is -2.12. The molecule has 84 valence electrons. The Morgan fingerprint density at radius 3 is 2.38 bits per heavy atom. The van der Waals surface area contributed by atoms with Crippen LogP contribution in [-0.2, 0) is 6.18 Å². The van der Waals surface area contributed by atoms with E-state index in [0.717, 1.165) is 17.1 Å². The minimum absolute atomic E-state index is 0.168. The molecule has 0 amide bonds. The summed E-state index contributed by atoms with van der Waals surface area (Å²) in [4.78, 5) is 4.64. The highest BCUT2D eigenvalue weighted by atomic mass is 19.4. The van der Waals surface area contributed by atoms with Crippen LogP contribution in [-0.4, -0.2) is 20.0 Å². The van der Waals surface area contributed by atoms with E-state index in [4.69, 9.17) is 5.73 Å². The van der Waals surface area contributed by atoms with Crippen LogP contribution >= 0.6 is 0 Å². The highest BCUT2D eigenvalue weighted by molar-refractivity contribution is 5.27. The molecule has 2 N–H and O–H groups in total. The smallest absolute Gasteiger partial charge is 0.381 e. The normalized spacial score (nSPS) is 11.7. The van der Waals surface area contributed by atoms with Gasteiger partial charge in [0.15, 0.2) is 11.6 Å². The third kappa shape index (κ3) is 1.95. The van der Waals surface area contributed by atoms with Crippen molar-refractivity contribution >= 4 is 5.82 Å². The van der Waals surface area contributed by atoms with Crippen molar-refractivity contribution in [3.63, 3.8) is 0 Å². The molecule has 2 aromatic rings. The lowest BCUT2D eigenvalue weighted by atomic mass is 10.3. The van der Waals surface area contributed by atoms with Gasteiger partial charge in [-0.25, -0.2) is 4.98 Å². The standard InChI is InChI=1S/C8H6F3N5/c9-8(10,11)5-1-2-7(13-3-5)16-14-4-6(12)15-16/h1-4H,(H2,12,15). The van der Waals surface area contributed by atoms with Gasteiger partial charge in [-0.15, -0.1) is 9.90 Å². The molecule has 0 radical (unpaired) electrons. The van der Waals surface area contributed by atoms with Gasteiger partial charge < -0.3 is 5.73 Å². The molecule has 0 spiro atoms. The summed E-state index contributed by atoms with van der Waals surface area (Å²) in [5, 5.41) is 7.43. The number of rotatable bonds is 1. The van der Waals surface area contributed by atoms with Crippen LogP contribution in [0, 0.1) is 0 Å². The largest absolute Gasteiger partial charge is 0.417 e. The number of nitrogens with two attached hydrogens (primary N) is 1. The molecule has 8 heteroatoms. The van der Waals surface area contributed by atoms with E-state index in [1.165, 1.54) is 12.3 Å². The van der Waals surface area contributed by atoms with Crippen molar-refractivity contribution in [3.8, 4) is 5.82 Å². The maximum absolute atomic E-state index is 12.2. The molecule has 2 rings (SSSR count). The molecular weight excluding hydrogens is 223 g/mol. The molecule has 0 bridgehead atoms. The number of anilines is 1. The summed E-state index contributed by atoms with van der Waals surface area (Å²) in [6.07, 6.45) is -2.41. The molecule has 0 aliphatic carbocycles. The molecule has 0 aromatic carbocycles. The van der Waals surface area contributed by atoms with E-state index >= 15 is 0 Å². The van der Waals surface area contributed by atoms with Crippen LogP contribution in [0.5, 0.6) is 0 Å². The third-order valence-corrected chi connectivity index (χ3v) is 1.79. The van der Waals surface area contributed by atoms with E-state index in [9.17, 15) is 13.2 Å². The van der Waals surface area contributed by atoms with E-state index < -0.39 is 11.7 Å². The number of hydrogen-bond acceptors (Lipinski definition) is 4. The molecule has 5 nitrogen and oxygen atoms in total. The van der Waals surface area contributed by atoms with E-state index in [1.807, 2.05) is 0 Å². The Morgan fingerprint density at radius 2 is 1.94 bits per heavy atom. The number of alkyl halides is 3. The van der Waals surface area contributed by atoms with Crippen molar-refractivity contribution in [1.29, 1.82) is 0 Å². The summed E-state index contributed by atoms with van der Waals surface area (Å²) in [6, 6.07) is 2.07. The minimum atomic E-state index is -4.40. The Kier molecular flexibility index (Phi) is 2.26. The zero-order chi connectivity index (χ0) is 11.8. The average molecular weight is 229 g/mol. The van der Waals surface area contributed by atoms with E-state index in [1.54, 1.807) is 0 Å². The first-order chi connectivity index (χ1) is 7.47. The maximum atomic E-state index is 12.2. The molecule has 0 saturated carbocycles. The van der Waals surface area contributed by atoms with Gasteiger partial charge >= 0.3 is 6.18 Å². The van der Waals surface area contributed by atoms with Gasteiger partial charge in [-0.2, -0.15) is 18.3 Å². The second kappa shape index (κ2) is 3.47. The topological polar surface area (TPSA) is 69.6 Å². The van der Waals surface area contributed by atoms with Crippen molar-refractivity contribution in [2.24, 2.45) is 0 Å². The van der Waals surface area contributed by atoms with E-state index in [2.05, 4.69) is 15.2 Å². The van der Waals surface area contributed by atoms with Gasteiger partial charge in [0.2, 0.25) is 0 Å². The molecule has 16 heavy (non-hydrogen) atoms. The predicted molar refractivity (Wildman–Crippen MR) is 48.6 cm³/mol. The summed E-state index contributed by atoms with van der Waals surface area (Å²) in [7, 11) is 0. The van der Waals surface area contributed by atoms with Crippen molar-refractivity contribution in [2.45, 2.75) is 6.18 Å². The monoisotopic (exact) mass is 229 g/mol. The van der Waals surface area contributed by atoms with Gasteiger partial charge in [-0.1, -0.05) is 0 Å². The van der Waals surface area contributed by atoms with Crippen LogP contribution in [0.2, 0.25) is 0 Å². The van der Waals surface area contributed by atoms with Gasteiger partial charge in [0.25, 0.3) is 0 Å². The van der Waals surface area contributed by atoms with Crippen LogP contribution in [0.1, 0.15) is 5.56 Å². The third-order valence-electron chi connectivity index (χ3n) is 1.79. The fourth-order valence-electron chi connectivity index (χ4n) is 1.06. The summed E-state index contributed by atoms with van der Waals surface area (Å²) in [6.45, 7) is 0. The van der Waals surface area contributed by atoms with Crippen LogP contribution in [0.3, 0.4) is 0 Å². The molecule has 0 unspecified atom stereocenters. The second-order valence-corrected chi connectivity index (χ2v) is 2.96. The number of hydrogen-bond donors (Lipinski definition) is 1. The van der Waals surface area contributed by atoms with E-state index in [0.29, 0.717) is 0 Å². The van der Waals surface area contributed by atoms with Gasteiger partial charge in [-0.05, 0) is 12.1 Å². The van der Waals surface area contributed by atoms with Gasteiger partial charge in [0.05, 0.1) is 11.8 Å². The van der Waals surface area contributed by atoms with Crippen molar-refractivity contribution in [1.82, 2.24) is 20.0 Å². The highest BCUT2D eigenvalue weighted by Gasteiger charge is 2.30. The lowest BCUT2D eigenvalue weighted by Crippen LogP contribution is -2.08. The summed E-state index contributed by atoms with van der Waals surface area (Å²) < 4.78 is 36.7. The second-order valence-electron chi connectivity index (χ2n) is 2.96. The molecular formula is C8H6F3N5. The Bertz CT molecular complexity index is 487. The first-order valence-corrected chi connectivity index (χ1v) is 4.18. The minimum Gasteiger partial charge on any atom is -0.381 e. The number of halogens is 3. The van der Waals surface area contributed by atoms with Crippen LogP contribution in [0.15, 0.2) is 24.5 Å². The van der Waals surface area contributed by atoms with Gasteiger partial charge in [-0.3, -0.25) is 0 Å². The molecule has 0 fully saturated rings. The molecule has 0 saturated heterocycles. The molecule has 0 atom stereocenters.